The van der Waals surface area contributed by atoms with Crippen LogP contribution in [0.25, 0.3) is 0 Å². The number of amides is 2. The van der Waals surface area contributed by atoms with Crippen LogP contribution < -0.4 is 15.8 Å². The van der Waals surface area contributed by atoms with Crippen molar-refractivity contribution in [3.8, 4) is 17.6 Å². The number of ether oxygens (including phenoxy) is 1. The number of benzene rings is 2. The van der Waals surface area contributed by atoms with Crippen molar-refractivity contribution in [1.29, 1.82) is 0 Å². The lowest BCUT2D eigenvalue weighted by Gasteiger charge is -2.06. The number of hydrogen-bond donors (Lipinski definition) is 2. The summed E-state index contributed by atoms with van der Waals surface area (Å²) in [5.74, 6) is 5.68. The molecule has 0 saturated carbocycles. The minimum atomic E-state index is -0.518. The normalized spacial score (nSPS) is 9.50. The molecule has 0 aliphatic heterocycles. The second kappa shape index (κ2) is 9.01. The minimum Gasteiger partial charge on any atom is -0.493 e. The maximum Gasteiger partial charge on any atom is 0.248 e. The van der Waals surface area contributed by atoms with Crippen molar-refractivity contribution in [2.24, 2.45) is 5.73 Å². The van der Waals surface area contributed by atoms with Gasteiger partial charge in [0.2, 0.25) is 11.8 Å². The molecule has 0 atom stereocenters. The van der Waals surface area contributed by atoms with Crippen LogP contribution in [-0.4, -0.2) is 25.0 Å². The molecule has 24 heavy (non-hydrogen) atoms. The summed E-state index contributed by atoms with van der Waals surface area (Å²) < 4.78 is 5.44. The number of rotatable bonds is 6. The fourth-order valence-electron chi connectivity index (χ4n) is 1.90. The van der Waals surface area contributed by atoms with E-state index in [1.807, 2.05) is 30.3 Å². The van der Waals surface area contributed by atoms with E-state index in [0.29, 0.717) is 11.3 Å². The van der Waals surface area contributed by atoms with Gasteiger partial charge in [0.15, 0.2) is 0 Å². The Morgan fingerprint density at radius 1 is 1.08 bits per heavy atom. The van der Waals surface area contributed by atoms with Gasteiger partial charge in [0, 0.05) is 11.1 Å². The van der Waals surface area contributed by atoms with Crippen molar-refractivity contribution in [1.82, 2.24) is 5.32 Å². The van der Waals surface area contributed by atoms with Crippen molar-refractivity contribution < 1.29 is 14.3 Å². The van der Waals surface area contributed by atoms with Crippen LogP contribution in [0.4, 0.5) is 0 Å². The average molecular weight is 322 g/mol. The first kappa shape index (κ1) is 17.1. The zero-order valence-corrected chi connectivity index (χ0v) is 13.1. The zero-order valence-electron chi connectivity index (χ0n) is 13.1. The molecule has 0 aliphatic rings. The van der Waals surface area contributed by atoms with E-state index < -0.39 is 5.91 Å². The average Bonchev–Trinajstić information content (AvgIpc) is 2.60. The molecule has 0 aliphatic carbocycles. The van der Waals surface area contributed by atoms with Crippen LogP contribution in [0.5, 0.6) is 5.75 Å². The molecule has 5 nitrogen and oxygen atoms in total. The minimum absolute atomic E-state index is 0.150. The standard InChI is InChI=1S/C19H18N2O3/c20-19(23)16-9-4-10-17(14-16)24-13-11-18(22)21-12-5-8-15-6-2-1-3-7-15/h1-4,6-7,9-10,14H,11-13H2,(H2,20,23)(H,21,22). The lowest BCUT2D eigenvalue weighted by atomic mass is 10.2. The number of carbonyl (C=O) groups excluding carboxylic acids is 2. The van der Waals surface area contributed by atoms with Gasteiger partial charge in [0.1, 0.15) is 5.75 Å². The zero-order chi connectivity index (χ0) is 17.2. The molecular formula is C19H18N2O3. The predicted octanol–water partition coefficient (Wildman–Crippen LogP) is 1.72. The molecule has 0 spiro atoms. The first-order chi connectivity index (χ1) is 11.6. The quantitative estimate of drug-likeness (QED) is 0.795. The van der Waals surface area contributed by atoms with Gasteiger partial charge in [-0.05, 0) is 30.3 Å². The summed E-state index contributed by atoms with van der Waals surface area (Å²) in [6, 6.07) is 16.1. The Kier molecular flexibility index (Phi) is 6.42. The Morgan fingerprint density at radius 2 is 1.88 bits per heavy atom. The number of carbonyl (C=O) groups is 2. The van der Waals surface area contributed by atoms with Crippen LogP contribution in [0.15, 0.2) is 54.6 Å². The summed E-state index contributed by atoms with van der Waals surface area (Å²) in [5.41, 5.74) is 6.47. The molecule has 2 rings (SSSR count). The van der Waals surface area contributed by atoms with Crippen LogP contribution >= 0.6 is 0 Å². The highest BCUT2D eigenvalue weighted by Gasteiger charge is 2.03. The van der Waals surface area contributed by atoms with E-state index in [4.69, 9.17) is 10.5 Å². The Bertz CT molecular complexity index is 761. The fraction of sp³-hybridized carbons (Fsp3) is 0.158. The maximum atomic E-state index is 11.7. The Hall–Kier alpha value is -3.26. The van der Waals surface area contributed by atoms with E-state index in [2.05, 4.69) is 17.2 Å². The fourth-order valence-corrected chi connectivity index (χ4v) is 1.90. The van der Waals surface area contributed by atoms with Crippen molar-refractivity contribution in [2.45, 2.75) is 6.42 Å². The molecule has 0 bridgehead atoms. The van der Waals surface area contributed by atoms with Crippen molar-refractivity contribution in [3.05, 3.63) is 65.7 Å². The molecule has 0 fully saturated rings. The summed E-state index contributed by atoms with van der Waals surface area (Å²) in [7, 11) is 0. The molecule has 122 valence electrons. The molecule has 0 unspecified atom stereocenters. The number of primary amides is 1. The van der Waals surface area contributed by atoms with E-state index in [1.54, 1.807) is 24.3 Å². The number of nitrogens with one attached hydrogen (secondary N) is 1. The van der Waals surface area contributed by atoms with Crippen LogP contribution in [0.1, 0.15) is 22.3 Å². The first-order valence-corrected chi connectivity index (χ1v) is 7.48. The third kappa shape index (κ3) is 5.85. The number of nitrogens with two attached hydrogens (primary N) is 1. The van der Waals surface area contributed by atoms with Gasteiger partial charge in [-0.15, -0.1) is 0 Å². The van der Waals surface area contributed by atoms with Gasteiger partial charge in [-0.3, -0.25) is 9.59 Å². The van der Waals surface area contributed by atoms with Crippen LogP contribution in [0, 0.1) is 11.8 Å². The van der Waals surface area contributed by atoms with E-state index in [9.17, 15) is 9.59 Å². The van der Waals surface area contributed by atoms with E-state index in [1.165, 1.54) is 0 Å². The second-order valence-electron chi connectivity index (χ2n) is 4.94. The smallest absolute Gasteiger partial charge is 0.248 e. The maximum absolute atomic E-state index is 11.7. The summed E-state index contributed by atoms with van der Waals surface area (Å²) >= 11 is 0. The molecular weight excluding hydrogens is 304 g/mol. The molecule has 0 saturated heterocycles. The molecule has 2 aromatic carbocycles. The van der Waals surface area contributed by atoms with E-state index in [0.717, 1.165) is 5.56 Å². The van der Waals surface area contributed by atoms with Crippen LogP contribution in [-0.2, 0) is 4.79 Å². The summed E-state index contributed by atoms with van der Waals surface area (Å²) in [5, 5.41) is 2.70. The van der Waals surface area contributed by atoms with Crippen molar-refractivity contribution in [3.63, 3.8) is 0 Å². The van der Waals surface area contributed by atoms with Gasteiger partial charge >= 0.3 is 0 Å². The molecule has 2 aromatic rings. The molecule has 2 amide bonds. The monoisotopic (exact) mass is 322 g/mol. The van der Waals surface area contributed by atoms with E-state index >= 15 is 0 Å². The molecule has 0 aromatic heterocycles. The molecule has 0 radical (unpaired) electrons. The topological polar surface area (TPSA) is 81.4 Å². The third-order valence-corrected chi connectivity index (χ3v) is 3.10. The predicted molar refractivity (Wildman–Crippen MR) is 91.4 cm³/mol. The van der Waals surface area contributed by atoms with Crippen molar-refractivity contribution >= 4 is 11.8 Å². The second-order valence-corrected chi connectivity index (χ2v) is 4.94. The number of hydrogen-bond acceptors (Lipinski definition) is 3. The highest BCUT2D eigenvalue weighted by molar-refractivity contribution is 5.93. The van der Waals surface area contributed by atoms with Gasteiger partial charge in [-0.1, -0.05) is 36.1 Å². The SMILES string of the molecule is NC(=O)c1cccc(OCCC(=O)NCC#Cc2ccccc2)c1. The largest absolute Gasteiger partial charge is 0.493 e. The molecule has 3 N–H and O–H groups in total. The first-order valence-electron chi connectivity index (χ1n) is 7.48. The summed E-state index contributed by atoms with van der Waals surface area (Å²) in [4.78, 5) is 22.8. The van der Waals surface area contributed by atoms with Gasteiger partial charge in [0.05, 0.1) is 19.6 Å². The third-order valence-electron chi connectivity index (χ3n) is 3.10. The lowest BCUT2D eigenvalue weighted by Crippen LogP contribution is -2.25. The Balaban J connectivity index is 1.69. The van der Waals surface area contributed by atoms with Crippen LogP contribution in [0.2, 0.25) is 0 Å². The lowest BCUT2D eigenvalue weighted by molar-refractivity contribution is -0.121. The Morgan fingerprint density at radius 3 is 2.62 bits per heavy atom. The molecule has 5 heteroatoms. The summed E-state index contributed by atoms with van der Waals surface area (Å²) in [6.45, 7) is 0.491. The van der Waals surface area contributed by atoms with Gasteiger partial charge in [-0.2, -0.15) is 0 Å². The Labute approximate surface area is 140 Å². The highest BCUT2D eigenvalue weighted by atomic mass is 16.5. The van der Waals surface area contributed by atoms with Gasteiger partial charge < -0.3 is 15.8 Å². The van der Waals surface area contributed by atoms with Gasteiger partial charge in [0.25, 0.3) is 0 Å². The molecule has 0 heterocycles. The highest BCUT2D eigenvalue weighted by Crippen LogP contribution is 2.13. The van der Waals surface area contributed by atoms with Crippen LogP contribution in [0.3, 0.4) is 0 Å². The summed E-state index contributed by atoms with van der Waals surface area (Å²) in [6.07, 6.45) is 0.202. The van der Waals surface area contributed by atoms with Crippen molar-refractivity contribution in [2.75, 3.05) is 13.2 Å². The van der Waals surface area contributed by atoms with Gasteiger partial charge in [-0.25, -0.2) is 0 Å². The van der Waals surface area contributed by atoms with E-state index in [-0.39, 0.29) is 25.5 Å².